The van der Waals surface area contributed by atoms with E-state index in [2.05, 4.69) is 13.8 Å². The molecule has 156 valence electrons. The van der Waals surface area contributed by atoms with Gasteiger partial charge in [0.1, 0.15) is 0 Å². The van der Waals surface area contributed by atoms with E-state index in [1.165, 1.54) is 23.5 Å². The molecular weight excluding hydrogens is 408 g/mol. The fraction of sp³-hybridized carbons (Fsp3) is 0.409. The van der Waals surface area contributed by atoms with Gasteiger partial charge in [-0.05, 0) is 67.1 Å². The third-order valence-electron chi connectivity index (χ3n) is 5.46. The van der Waals surface area contributed by atoms with Crippen LogP contribution in [0.3, 0.4) is 0 Å². The van der Waals surface area contributed by atoms with Gasteiger partial charge >= 0.3 is 0 Å². The zero-order valence-corrected chi connectivity index (χ0v) is 18.8. The molecule has 1 amide bonds. The largest absolute Gasteiger partial charge is 0.338 e. The van der Waals surface area contributed by atoms with E-state index in [0.717, 1.165) is 24.9 Å². The Morgan fingerprint density at radius 3 is 2.41 bits per heavy atom. The van der Waals surface area contributed by atoms with Gasteiger partial charge in [0.15, 0.2) is 0 Å². The summed E-state index contributed by atoms with van der Waals surface area (Å²) in [5.74, 6) is -0.0590. The number of rotatable bonds is 4. The summed E-state index contributed by atoms with van der Waals surface area (Å²) >= 11 is 5.88. The number of halogens is 1. The molecule has 0 N–H and O–H groups in total. The summed E-state index contributed by atoms with van der Waals surface area (Å²) in [7, 11) is -2.26. The first kappa shape index (κ1) is 21.7. The molecule has 1 aliphatic heterocycles. The van der Waals surface area contributed by atoms with Crippen molar-refractivity contribution in [1.29, 1.82) is 0 Å². The minimum Gasteiger partial charge on any atom is -0.338 e. The molecular formula is C22H27ClN2O3S. The predicted octanol–water partition coefficient (Wildman–Crippen LogP) is 4.74. The molecule has 0 atom stereocenters. The van der Waals surface area contributed by atoms with Gasteiger partial charge < -0.3 is 4.90 Å². The van der Waals surface area contributed by atoms with E-state index in [-0.39, 0.29) is 16.2 Å². The van der Waals surface area contributed by atoms with E-state index in [1.54, 1.807) is 30.3 Å². The molecule has 0 unspecified atom stereocenters. The quantitative estimate of drug-likeness (QED) is 0.698. The first-order valence-electron chi connectivity index (χ1n) is 9.66. The number of hydrogen-bond donors (Lipinski definition) is 0. The minimum atomic E-state index is -3.77. The Labute approximate surface area is 178 Å². The van der Waals surface area contributed by atoms with Gasteiger partial charge in [-0.3, -0.25) is 9.10 Å². The number of anilines is 1. The number of carbonyl (C=O) groups is 1. The molecule has 2 aromatic rings. The van der Waals surface area contributed by atoms with Crippen LogP contribution < -0.4 is 4.31 Å². The maximum atomic E-state index is 13.1. The van der Waals surface area contributed by atoms with Gasteiger partial charge in [-0.2, -0.15) is 0 Å². The van der Waals surface area contributed by atoms with Crippen LogP contribution in [0.15, 0.2) is 47.4 Å². The molecule has 5 nitrogen and oxygen atoms in total. The molecule has 1 saturated heterocycles. The lowest BCUT2D eigenvalue weighted by atomic mass is 9.84. The maximum Gasteiger partial charge on any atom is 0.264 e. The summed E-state index contributed by atoms with van der Waals surface area (Å²) in [6.45, 7) is 7.60. The standard InChI is InChI=1S/C22H27ClN2O3S/c1-16-6-7-17(21(26)25-13-5-12-22(2,3)15-25)14-20(16)24(4)29(27,28)19-10-8-18(23)9-11-19/h6-11,14H,5,12-13,15H2,1-4H3. The summed E-state index contributed by atoms with van der Waals surface area (Å²) < 4.78 is 27.3. The van der Waals surface area contributed by atoms with Crippen molar-refractivity contribution in [2.24, 2.45) is 5.41 Å². The molecule has 29 heavy (non-hydrogen) atoms. The molecule has 0 spiro atoms. The zero-order valence-electron chi connectivity index (χ0n) is 17.3. The molecule has 3 rings (SSSR count). The predicted molar refractivity (Wildman–Crippen MR) is 117 cm³/mol. The molecule has 0 aliphatic carbocycles. The number of benzene rings is 2. The molecule has 1 heterocycles. The first-order chi connectivity index (χ1) is 13.5. The van der Waals surface area contributed by atoms with E-state index in [1.807, 2.05) is 11.8 Å². The highest BCUT2D eigenvalue weighted by atomic mass is 35.5. The van der Waals surface area contributed by atoms with Crippen LogP contribution in [0.5, 0.6) is 0 Å². The molecule has 0 bridgehead atoms. The summed E-state index contributed by atoms with van der Waals surface area (Å²) in [5.41, 5.74) is 1.86. The average Bonchev–Trinajstić information content (AvgIpc) is 2.67. The van der Waals surface area contributed by atoms with Crippen LogP contribution >= 0.6 is 11.6 Å². The summed E-state index contributed by atoms with van der Waals surface area (Å²) in [6, 6.07) is 11.3. The van der Waals surface area contributed by atoms with E-state index < -0.39 is 10.0 Å². The number of nitrogens with zero attached hydrogens (tertiary/aromatic N) is 2. The van der Waals surface area contributed by atoms with Crippen LogP contribution in [-0.4, -0.2) is 39.4 Å². The fourth-order valence-electron chi connectivity index (χ4n) is 3.76. The summed E-state index contributed by atoms with van der Waals surface area (Å²) in [4.78, 5) is 15.1. The van der Waals surface area contributed by atoms with Crippen molar-refractivity contribution in [1.82, 2.24) is 4.90 Å². The normalized spacial score (nSPS) is 16.5. The topological polar surface area (TPSA) is 57.7 Å². The highest BCUT2D eigenvalue weighted by Gasteiger charge is 2.30. The molecule has 0 saturated carbocycles. The summed E-state index contributed by atoms with van der Waals surface area (Å²) in [6.07, 6.45) is 2.07. The van der Waals surface area contributed by atoms with Crippen molar-refractivity contribution >= 4 is 33.2 Å². The van der Waals surface area contributed by atoms with Crippen molar-refractivity contribution in [2.75, 3.05) is 24.4 Å². The summed E-state index contributed by atoms with van der Waals surface area (Å²) in [5, 5.41) is 0.472. The number of hydrogen-bond acceptors (Lipinski definition) is 3. The lowest BCUT2D eigenvalue weighted by molar-refractivity contribution is 0.0583. The van der Waals surface area contributed by atoms with Crippen LogP contribution in [0.4, 0.5) is 5.69 Å². The van der Waals surface area contributed by atoms with E-state index in [9.17, 15) is 13.2 Å². The van der Waals surface area contributed by atoms with Gasteiger partial charge in [0.2, 0.25) is 0 Å². The zero-order chi connectivity index (χ0) is 21.4. The first-order valence-corrected chi connectivity index (χ1v) is 11.5. The van der Waals surface area contributed by atoms with Crippen molar-refractivity contribution in [3.63, 3.8) is 0 Å². The monoisotopic (exact) mass is 434 g/mol. The number of aryl methyl sites for hydroxylation is 1. The van der Waals surface area contributed by atoms with Crippen LogP contribution in [0.2, 0.25) is 5.02 Å². The Morgan fingerprint density at radius 1 is 1.14 bits per heavy atom. The maximum absolute atomic E-state index is 13.1. The van der Waals surface area contributed by atoms with E-state index in [0.29, 0.717) is 22.8 Å². The molecule has 0 aromatic heterocycles. The van der Waals surface area contributed by atoms with Gasteiger partial charge in [0, 0.05) is 30.7 Å². The van der Waals surface area contributed by atoms with Crippen LogP contribution in [0.1, 0.15) is 42.6 Å². The molecule has 0 radical (unpaired) electrons. The number of sulfonamides is 1. The van der Waals surface area contributed by atoms with Crippen molar-refractivity contribution in [3.05, 3.63) is 58.6 Å². The highest BCUT2D eigenvalue weighted by molar-refractivity contribution is 7.92. The van der Waals surface area contributed by atoms with E-state index in [4.69, 9.17) is 11.6 Å². The molecule has 2 aromatic carbocycles. The second-order valence-electron chi connectivity index (χ2n) is 8.42. The smallest absolute Gasteiger partial charge is 0.264 e. The van der Waals surface area contributed by atoms with Crippen molar-refractivity contribution in [2.45, 2.75) is 38.5 Å². The van der Waals surface area contributed by atoms with Crippen LogP contribution in [0.25, 0.3) is 0 Å². The number of likely N-dealkylation sites (tertiary alicyclic amines) is 1. The Morgan fingerprint density at radius 2 is 1.79 bits per heavy atom. The average molecular weight is 435 g/mol. The Hall–Kier alpha value is -2.05. The lowest BCUT2D eigenvalue weighted by Crippen LogP contribution is -2.43. The second-order valence-corrected chi connectivity index (χ2v) is 10.8. The number of carbonyl (C=O) groups excluding carboxylic acids is 1. The number of piperidine rings is 1. The van der Waals surface area contributed by atoms with Crippen molar-refractivity contribution in [3.8, 4) is 0 Å². The minimum absolute atomic E-state index is 0.0590. The third-order valence-corrected chi connectivity index (χ3v) is 7.49. The van der Waals surface area contributed by atoms with Crippen LogP contribution in [-0.2, 0) is 10.0 Å². The number of amides is 1. The highest BCUT2D eigenvalue weighted by Crippen LogP contribution is 2.31. The second kappa shape index (κ2) is 8.00. The van der Waals surface area contributed by atoms with Crippen LogP contribution in [0, 0.1) is 12.3 Å². The lowest BCUT2D eigenvalue weighted by Gasteiger charge is -2.38. The van der Waals surface area contributed by atoms with Crippen molar-refractivity contribution < 1.29 is 13.2 Å². The van der Waals surface area contributed by atoms with Gasteiger partial charge in [0.25, 0.3) is 15.9 Å². The van der Waals surface area contributed by atoms with Gasteiger partial charge in [-0.1, -0.05) is 31.5 Å². The molecule has 1 aliphatic rings. The van der Waals surface area contributed by atoms with Gasteiger partial charge in [-0.15, -0.1) is 0 Å². The Balaban J connectivity index is 1.92. The fourth-order valence-corrected chi connectivity index (χ4v) is 5.13. The van der Waals surface area contributed by atoms with Gasteiger partial charge in [-0.25, -0.2) is 8.42 Å². The Bertz CT molecular complexity index is 1020. The SMILES string of the molecule is Cc1ccc(C(=O)N2CCCC(C)(C)C2)cc1N(C)S(=O)(=O)c1ccc(Cl)cc1. The van der Waals surface area contributed by atoms with Gasteiger partial charge in [0.05, 0.1) is 10.6 Å². The molecule has 7 heteroatoms. The Kier molecular flexibility index (Phi) is 5.97. The third kappa shape index (κ3) is 4.59. The van der Waals surface area contributed by atoms with E-state index >= 15 is 0 Å². The molecule has 1 fully saturated rings.